The van der Waals surface area contributed by atoms with E-state index in [1.165, 1.54) is 9.80 Å². The molecule has 2 aromatic rings. The molecule has 4 aliphatic carbocycles. The summed E-state index contributed by atoms with van der Waals surface area (Å²) in [4.78, 5) is 43.7. The Balaban J connectivity index is 1.38. The Morgan fingerprint density at radius 1 is 0.970 bits per heavy atom. The van der Waals surface area contributed by atoms with Gasteiger partial charge in [-0.05, 0) is 60.8 Å². The number of ether oxygens (including phenoxy) is 1. The molecule has 33 heavy (non-hydrogen) atoms. The van der Waals surface area contributed by atoms with E-state index in [-0.39, 0.29) is 48.1 Å². The molecular formula is C27H26N2O4. The zero-order valence-electron chi connectivity index (χ0n) is 18.7. The van der Waals surface area contributed by atoms with E-state index in [4.69, 9.17) is 4.74 Å². The standard InChI is InChI=1S/C27H26N2O4/c1-15-7-3-4-8-16(15)25(30)28(21-9-5-6-10-22(21)33-2)14-29-26(31)23-17-11-12-18(20-13-19(17)20)24(23)27(29)32/h3-12,17-20,23-24H,13-14H2,1-2H3/t17-,18-,19-,20-,23+,24+/m0/s1. The molecular weight excluding hydrogens is 416 g/mol. The van der Waals surface area contributed by atoms with Crippen LogP contribution in [0.15, 0.2) is 60.7 Å². The summed E-state index contributed by atoms with van der Waals surface area (Å²) < 4.78 is 5.53. The van der Waals surface area contributed by atoms with Crippen LogP contribution in [0.1, 0.15) is 22.3 Å². The highest BCUT2D eigenvalue weighted by Crippen LogP contribution is 2.65. The van der Waals surface area contributed by atoms with Crippen LogP contribution in [0, 0.1) is 42.4 Å². The number of amides is 3. The Labute approximate surface area is 192 Å². The lowest BCUT2D eigenvalue weighted by atomic mass is 9.63. The van der Waals surface area contributed by atoms with Crippen molar-refractivity contribution in [3.8, 4) is 5.75 Å². The summed E-state index contributed by atoms with van der Waals surface area (Å²) in [6.07, 6.45) is 5.44. The lowest BCUT2D eigenvalue weighted by molar-refractivity contribution is -0.140. The number of nitrogens with zero attached hydrogens (tertiary/aromatic N) is 2. The first-order valence-corrected chi connectivity index (χ1v) is 11.6. The lowest BCUT2D eigenvalue weighted by Crippen LogP contribution is -2.45. The molecule has 7 rings (SSSR count). The second-order valence-corrected chi connectivity index (χ2v) is 9.62. The van der Waals surface area contributed by atoms with Gasteiger partial charge in [0.25, 0.3) is 5.91 Å². The van der Waals surface area contributed by atoms with Crippen LogP contribution in [0.25, 0.3) is 0 Å². The third kappa shape index (κ3) is 2.89. The molecule has 1 heterocycles. The van der Waals surface area contributed by atoms with Crippen LogP contribution in [0.3, 0.4) is 0 Å². The van der Waals surface area contributed by atoms with E-state index in [1.54, 1.807) is 25.3 Å². The Kier molecular flexibility index (Phi) is 4.47. The van der Waals surface area contributed by atoms with Crippen LogP contribution in [-0.4, -0.2) is 36.4 Å². The van der Waals surface area contributed by atoms with Gasteiger partial charge < -0.3 is 4.74 Å². The molecule has 6 atom stereocenters. The number of likely N-dealkylation sites (tertiary alicyclic amines) is 1. The Hall–Kier alpha value is -3.41. The number of anilines is 1. The summed E-state index contributed by atoms with van der Waals surface area (Å²) in [7, 11) is 1.55. The molecule has 2 aromatic carbocycles. The topological polar surface area (TPSA) is 66.9 Å². The average molecular weight is 443 g/mol. The minimum atomic E-state index is -0.288. The molecule has 168 valence electrons. The predicted octanol–water partition coefficient (Wildman–Crippen LogP) is 3.66. The third-order valence-corrected chi connectivity index (χ3v) is 8.03. The maximum atomic E-state index is 13.8. The zero-order chi connectivity index (χ0) is 22.9. The zero-order valence-corrected chi connectivity index (χ0v) is 18.7. The van der Waals surface area contributed by atoms with Crippen molar-refractivity contribution in [1.29, 1.82) is 0 Å². The van der Waals surface area contributed by atoms with E-state index < -0.39 is 0 Å². The molecule has 6 heteroatoms. The number of benzene rings is 2. The van der Waals surface area contributed by atoms with E-state index >= 15 is 0 Å². The van der Waals surface area contributed by atoms with Gasteiger partial charge in [-0.3, -0.25) is 24.2 Å². The van der Waals surface area contributed by atoms with Gasteiger partial charge in [0.05, 0.1) is 24.6 Å². The van der Waals surface area contributed by atoms with E-state index in [9.17, 15) is 14.4 Å². The quantitative estimate of drug-likeness (QED) is 0.524. The van der Waals surface area contributed by atoms with Crippen molar-refractivity contribution in [1.82, 2.24) is 4.90 Å². The van der Waals surface area contributed by atoms with Gasteiger partial charge in [0.15, 0.2) is 0 Å². The monoisotopic (exact) mass is 442 g/mol. The molecule has 5 aliphatic rings. The SMILES string of the molecule is COc1ccccc1N(CN1C(=O)[C@@H]2[C@H]3C=C[C@@H]([C@@H]4C[C@@H]34)[C@H]2C1=O)C(=O)c1ccccc1C. The first-order chi connectivity index (χ1) is 16.0. The minimum absolute atomic E-state index is 0.118. The predicted molar refractivity (Wildman–Crippen MR) is 122 cm³/mol. The second-order valence-electron chi connectivity index (χ2n) is 9.62. The fraction of sp³-hybridized carbons (Fsp3) is 0.370. The van der Waals surface area contributed by atoms with Crippen molar-refractivity contribution in [2.45, 2.75) is 13.3 Å². The van der Waals surface area contributed by atoms with E-state index in [0.717, 1.165) is 12.0 Å². The molecule has 2 bridgehead atoms. The lowest BCUT2D eigenvalue weighted by Gasteiger charge is -2.37. The third-order valence-electron chi connectivity index (χ3n) is 8.03. The summed E-state index contributed by atoms with van der Waals surface area (Å²) in [6, 6.07) is 14.6. The first-order valence-electron chi connectivity index (χ1n) is 11.6. The number of carbonyl (C=O) groups is 3. The number of rotatable bonds is 5. The highest BCUT2D eigenvalue weighted by Gasteiger charge is 2.67. The van der Waals surface area contributed by atoms with Gasteiger partial charge >= 0.3 is 0 Å². The summed E-state index contributed by atoms with van der Waals surface area (Å²) in [5, 5.41) is 0. The van der Waals surface area contributed by atoms with Gasteiger partial charge in [-0.25, -0.2) is 0 Å². The number of imide groups is 1. The fourth-order valence-corrected chi connectivity index (χ4v) is 6.36. The number of allylic oxidation sites excluding steroid dienone is 2. The van der Waals surface area contributed by atoms with Crippen LogP contribution in [-0.2, 0) is 9.59 Å². The summed E-state index contributed by atoms with van der Waals surface area (Å²) >= 11 is 0. The van der Waals surface area contributed by atoms with Crippen LogP contribution in [0.5, 0.6) is 5.75 Å². The van der Waals surface area contributed by atoms with Crippen molar-refractivity contribution < 1.29 is 19.1 Å². The molecule has 0 unspecified atom stereocenters. The summed E-state index contributed by atoms with van der Waals surface area (Å²) in [5.74, 6) is 0.758. The van der Waals surface area contributed by atoms with Gasteiger partial charge in [0, 0.05) is 5.56 Å². The minimum Gasteiger partial charge on any atom is -0.495 e. The summed E-state index contributed by atoms with van der Waals surface area (Å²) in [5.41, 5.74) is 1.90. The molecule has 1 aliphatic heterocycles. The van der Waals surface area contributed by atoms with Crippen LogP contribution >= 0.6 is 0 Å². The van der Waals surface area contributed by atoms with Gasteiger partial charge in [-0.1, -0.05) is 42.5 Å². The number of hydrogen-bond donors (Lipinski definition) is 0. The number of methoxy groups -OCH3 is 1. The van der Waals surface area contributed by atoms with Crippen LogP contribution in [0.2, 0.25) is 0 Å². The van der Waals surface area contributed by atoms with E-state index in [2.05, 4.69) is 12.2 Å². The van der Waals surface area contributed by atoms with Gasteiger partial charge in [-0.15, -0.1) is 0 Å². The van der Waals surface area contributed by atoms with Gasteiger partial charge in [-0.2, -0.15) is 0 Å². The smallest absolute Gasteiger partial charge is 0.260 e. The largest absolute Gasteiger partial charge is 0.495 e. The van der Waals surface area contributed by atoms with Crippen molar-refractivity contribution in [3.63, 3.8) is 0 Å². The number of para-hydroxylation sites is 2. The number of carbonyl (C=O) groups excluding carboxylic acids is 3. The Morgan fingerprint density at radius 3 is 2.21 bits per heavy atom. The van der Waals surface area contributed by atoms with Crippen molar-refractivity contribution >= 4 is 23.4 Å². The average Bonchev–Trinajstić information content (AvgIpc) is 3.62. The van der Waals surface area contributed by atoms with E-state index in [1.807, 2.05) is 37.3 Å². The highest BCUT2D eigenvalue weighted by atomic mass is 16.5. The maximum absolute atomic E-state index is 13.8. The molecule has 3 fully saturated rings. The number of hydrogen-bond acceptors (Lipinski definition) is 4. The van der Waals surface area contributed by atoms with Crippen LogP contribution < -0.4 is 9.64 Å². The molecule has 3 amide bonds. The van der Waals surface area contributed by atoms with Gasteiger partial charge in [0.2, 0.25) is 11.8 Å². The van der Waals surface area contributed by atoms with Crippen molar-refractivity contribution in [3.05, 3.63) is 71.8 Å². The second kappa shape index (κ2) is 7.30. The molecule has 0 aromatic heterocycles. The molecule has 1 saturated heterocycles. The van der Waals surface area contributed by atoms with Crippen LogP contribution in [0.4, 0.5) is 5.69 Å². The Morgan fingerprint density at radius 2 is 1.58 bits per heavy atom. The number of aryl methyl sites for hydroxylation is 1. The molecule has 6 nitrogen and oxygen atoms in total. The van der Waals surface area contributed by atoms with Crippen molar-refractivity contribution in [2.24, 2.45) is 35.5 Å². The molecule has 0 spiro atoms. The normalized spacial score (nSPS) is 30.8. The Bertz CT molecular complexity index is 1170. The maximum Gasteiger partial charge on any atom is 0.260 e. The molecule has 0 radical (unpaired) electrons. The highest BCUT2D eigenvalue weighted by molar-refractivity contribution is 6.10. The van der Waals surface area contributed by atoms with Crippen molar-refractivity contribution in [2.75, 3.05) is 18.7 Å². The van der Waals surface area contributed by atoms with Gasteiger partial charge in [0.1, 0.15) is 12.4 Å². The molecule has 0 N–H and O–H groups in total. The summed E-state index contributed by atoms with van der Waals surface area (Å²) in [6.45, 7) is 1.76. The fourth-order valence-electron chi connectivity index (χ4n) is 6.36. The van der Waals surface area contributed by atoms with E-state index in [0.29, 0.717) is 28.8 Å². The molecule has 2 saturated carbocycles. The first kappa shape index (κ1) is 20.2.